The first-order chi connectivity index (χ1) is 13.7. The highest BCUT2D eigenvalue weighted by Gasteiger charge is 2.20. The van der Waals surface area contributed by atoms with Crippen molar-refractivity contribution in [3.63, 3.8) is 0 Å². The predicted octanol–water partition coefficient (Wildman–Crippen LogP) is 5.23. The fourth-order valence-corrected chi connectivity index (χ4v) is 3.99. The molecule has 0 spiro atoms. The van der Waals surface area contributed by atoms with Crippen LogP contribution in [0, 0.1) is 5.82 Å². The van der Waals surface area contributed by atoms with E-state index < -0.39 is 21.5 Å². The third kappa shape index (κ3) is 5.65. The van der Waals surface area contributed by atoms with Gasteiger partial charge in [-0.05, 0) is 66.6 Å². The number of rotatable bonds is 5. The van der Waals surface area contributed by atoms with E-state index in [1.165, 1.54) is 24.3 Å². The van der Waals surface area contributed by atoms with Gasteiger partial charge in [0.1, 0.15) is 15.7 Å². The third-order valence-corrected chi connectivity index (χ3v) is 6.14. The predicted molar refractivity (Wildman–Crippen MR) is 118 cm³/mol. The molecule has 2 aromatic rings. The summed E-state index contributed by atoms with van der Waals surface area (Å²) in [5.74, 6) is -0.484. The number of anilines is 1. The van der Waals surface area contributed by atoms with Gasteiger partial charge < -0.3 is 10.4 Å². The molecule has 6 nitrogen and oxygen atoms in total. The summed E-state index contributed by atoms with van der Waals surface area (Å²) in [6.45, 7) is 10.8. The van der Waals surface area contributed by atoms with Crippen LogP contribution in [0.1, 0.15) is 70.1 Å². The summed E-state index contributed by atoms with van der Waals surface area (Å²) < 4.78 is 30.6. The molecular formula is C22H30FN3O3S. The molecule has 0 aliphatic heterocycles. The quantitative estimate of drug-likeness (QED) is 0.598. The zero-order valence-corrected chi connectivity index (χ0v) is 19.0. The molecule has 2 rings (SSSR count). The zero-order valence-electron chi connectivity index (χ0n) is 18.2. The van der Waals surface area contributed by atoms with E-state index in [9.17, 15) is 18.5 Å². The Labute approximate surface area is 178 Å². The molecule has 2 aromatic carbocycles. The van der Waals surface area contributed by atoms with Crippen molar-refractivity contribution in [1.82, 2.24) is 0 Å². The Bertz CT molecular complexity index is 1020. The first kappa shape index (κ1) is 24.0. The molecule has 0 radical (unpaired) electrons. The van der Waals surface area contributed by atoms with E-state index in [4.69, 9.17) is 5.14 Å². The molecule has 164 valence electrons. The summed E-state index contributed by atoms with van der Waals surface area (Å²) >= 11 is 0. The van der Waals surface area contributed by atoms with Crippen LogP contribution in [0.15, 0.2) is 45.7 Å². The second kappa shape index (κ2) is 8.83. The highest BCUT2D eigenvalue weighted by Crippen LogP contribution is 2.34. The minimum atomic E-state index is -3.51. The van der Waals surface area contributed by atoms with Crippen LogP contribution in [-0.4, -0.2) is 15.3 Å². The lowest BCUT2D eigenvalue weighted by Gasteiger charge is -2.20. The van der Waals surface area contributed by atoms with Gasteiger partial charge in [0, 0.05) is 5.69 Å². The van der Waals surface area contributed by atoms with Crippen molar-refractivity contribution in [2.24, 2.45) is 9.50 Å². The van der Waals surface area contributed by atoms with Crippen LogP contribution >= 0.6 is 0 Å². The number of aliphatic hydroxyl groups is 1. The summed E-state index contributed by atoms with van der Waals surface area (Å²) in [4.78, 5) is 12.8. The van der Waals surface area contributed by atoms with Crippen molar-refractivity contribution in [2.75, 3.05) is 5.32 Å². The standard InChI is InChI=1S/C22H30FN3O3S/c1-13(2)18-11-16(23)12-19(14(3)4)20(18)25-21(27)26-30(24,29)17-9-7-15(8-10-17)22(5,6)28/h7-14,28H,1-6H3,(H3,24,25,26,27,29)/t30-/m1/s1. The number of nitrogens with one attached hydrogen (secondary N) is 1. The van der Waals surface area contributed by atoms with Gasteiger partial charge in [-0.25, -0.2) is 18.5 Å². The molecule has 0 bridgehead atoms. The number of amides is 2. The third-order valence-electron chi connectivity index (χ3n) is 4.76. The summed E-state index contributed by atoms with van der Waals surface area (Å²) in [5.41, 5.74) is 1.26. The van der Waals surface area contributed by atoms with Crippen molar-refractivity contribution < 1.29 is 18.5 Å². The van der Waals surface area contributed by atoms with E-state index in [1.54, 1.807) is 26.0 Å². The van der Waals surface area contributed by atoms with Crippen LogP contribution in [0.3, 0.4) is 0 Å². The number of nitrogens with zero attached hydrogens (tertiary/aromatic N) is 1. The fourth-order valence-electron chi connectivity index (χ4n) is 3.07. The first-order valence-electron chi connectivity index (χ1n) is 9.74. The lowest BCUT2D eigenvalue weighted by atomic mass is 9.92. The molecule has 2 amide bonds. The summed E-state index contributed by atoms with van der Waals surface area (Å²) in [7, 11) is -3.51. The molecule has 0 saturated carbocycles. The Kier molecular flexibility index (Phi) is 7.06. The maximum atomic E-state index is 14.1. The number of carbonyl (C=O) groups is 1. The molecule has 1 atom stereocenters. The molecule has 0 aliphatic carbocycles. The highest BCUT2D eigenvalue weighted by atomic mass is 32.2. The lowest BCUT2D eigenvalue weighted by molar-refractivity contribution is 0.0785. The van der Waals surface area contributed by atoms with Gasteiger partial charge in [-0.1, -0.05) is 39.8 Å². The number of hydrogen-bond acceptors (Lipinski definition) is 3. The van der Waals surface area contributed by atoms with Gasteiger partial charge in [-0.15, -0.1) is 4.36 Å². The molecule has 8 heteroatoms. The van der Waals surface area contributed by atoms with Gasteiger partial charge in [0.15, 0.2) is 0 Å². The fraction of sp³-hybridized carbons (Fsp3) is 0.409. The van der Waals surface area contributed by atoms with Gasteiger partial charge in [0.05, 0.1) is 10.5 Å². The maximum absolute atomic E-state index is 14.1. The maximum Gasteiger partial charge on any atom is 0.354 e. The van der Waals surface area contributed by atoms with E-state index in [-0.39, 0.29) is 22.5 Å². The molecule has 0 unspecified atom stereocenters. The Hall–Kier alpha value is -2.29. The average molecular weight is 436 g/mol. The van der Waals surface area contributed by atoms with Crippen molar-refractivity contribution in [2.45, 2.75) is 63.9 Å². The Morgan fingerprint density at radius 2 is 1.57 bits per heavy atom. The van der Waals surface area contributed by atoms with Crippen LogP contribution in [0.5, 0.6) is 0 Å². The summed E-state index contributed by atoms with van der Waals surface area (Å²) in [6.07, 6.45) is 0. The second-order valence-electron chi connectivity index (χ2n) is 8.44. The van der Waals surface area contributed by atoms with E-state index in [0.717, 1.165) is 0 Å². The van der Waals surface area contributed by atoms with Crippen LogP contribution < -0.4 is 10.5 Å². The Balaban J connectivity index is 2.43. The molecule has 0 fully saturated rings. The minimum Gasteiger partial charge on any atom is -0.386 e. The molecule has 0 saturated heterocycles. The highest BCUT2D eigenvalue weighted by molar-refractivity contribution is 7.91. The van der Waals surface area contributed by atoms with E-state index >= 15 is 0 Å². The molecule has 0 aliphatic rings. The Morgan fingerprint density at radius 1 is 1.10 bits per heavy atom. The number of halogens is 1. The van der Waals surface area contributed by atoms with E-state index in [0.29, 0.717) is 22.4 Å². The number of hydrogen-bond donors (Lipinski definition) is 3. The first-order valence-corrected chi connectivity index (χ1v) is 11.3. The summed E-state index contributed by atoms with van der Waals surface area (Å²) in [6, 6.07) is 8.01. The van der Waals surface area contributed by atoms with Crippen LogP contribution in [0.2, 0.25) is 0 Å². The van der Waals surface area contributed by atoms with E-state index in [2.05, 4.69) is 9.68 Å². The second-order valence-corrected chi connectivity index (χ2v) is 10.2. The molecule has 0 heterocycles. The van der Waals surface area contributed by atoms with Crippen molar-refractivity contribution in [3.8, 4) is 0 Å². The largest absolute Gasteiger partial charge is 0.386 e. The number of urea groups is 1. The molecule has 0 aromatic heterocycles. The van der Waals surface area contributed by atoms with E-state index in [1.807, 2.05) is 27.7 Å². The number of nitrogens with two attached hydrogens (primary N) is 1. The van der Waals surface area contributed by atoms with Gasteiger partial charge in [0.25, 0.3) is 0 Å². The molecule has 30 heavy (non-hydrogen) atoms. The molecule has 4 N–H and O–H groups in total. The normalized spacial score (nSPS) is 14.0. The van der Waals surface area contributed by atoms with Gasteiger partial charge in [-0.3, -0.25) is 0 Å². The topological polar surface area (TPSA) is 105 Å². The summed E-state index contributed by atoms with van der Waals surface area (Å²) in [5, 5.41) is 18.5. The van der Waals surface area contributed by atoms with Crippen molar-refractivity contribution in [1.29, 1.82) is 0 Å². The zero-order chi connectivity index (χ0) is 22.9. The number of carbonyl (C=O) groups excluding carboxylic acids is 1. The smallest absolute Gasteiger partial charge is 0.354 e. The van der Waals surface area contributed by atoms with Gasteiger partial charge >= 0.3 is 6.03 Å². The monoisotopic (exact) mass is 435 g/mol. The Morgan fingerprint density at radius 3 is 1.97 bits per heavy atom. The molecular weight excluding hydrogens is 405 g/mol. The van der Waals surface area contributed by atoms with Gasteiger partial charge in [-0.2, -0.15) is 0 Å². The van der Waals surface area contributed by atoms with Gasteiger partial charge in [0.2, 0.25) is 0 Å². The lowest BCUT2D eigenvalue weighted by Crippen LogP contribution is -2.20. The van der Waals surface area contributed by atoms with Crippen molar-refractivity contribution >= 4 is 21.6 Å². The van der Waals surface area contributed by atoms with Crippen molar-refractivity contribution in [3.05, 3.63) is 58.9 Å². The van der Waals surface area contributed by atoms with Crippen LogP contribution in [-0.2, 0) is 15.5 Å². The number of benzene rings is 2. The average Bonchev–Trinajstić information content (AvgIpc) is 2.61. The van der Waals surface area contributed by atoms with Crippen LogP contribution in [0.4, 0.5) is 14.9 Å². The van der Waals surface area contributed by atoms with Crippen LogP contribution in [0.25, 0.3) is 0 Å². The SMILES string of the molecule is CC(C)c1cc(F)cc(C(C)C)c1NC(=O)N=[S@@](N)(=O)c1ccc(C(C)(C)O)cc1. The minimum absolute atomic E-state index is 0.0508.